The van der Waals surface area contributed by atoms with E-state index in [1.165, 1.54) is 25.0 Å². The van der Waals surface area contributed by atoms with E-state index in [-0.39, 0.29) is 5.82 Å². The highest BCUT2D eigenvalue weighted by Crippen LogP contribution is 2.35. The van der Waals surface area contributed by atoms with Gasteiger partial charge in [-0.2, -0.15) is 0 Å². The summed E-state index contributed by atoms with van der Waals surface area (Å²) in [6.45, 7) is 0. The van der Waals surface area contributed by atoms with Crippen LogP contribution < -0.4 is 5.32 Å². The second-order valence-electron chi connectivity index (χ2n) is 5.52. The van der Waals surface area contributed by atoms with Crippen LogP contribution in [0.4, 0.5) is 10.1 Å². The maximum Gasteiger partial charge on any atom is 0.126 e. The van der Waals surface area contributed by atoms with Gasteiger partial charge in [-0.15, -0.1) is 0 Å². The fourth-order valence-electron chi connectivity index (χ4n) is 3.40. The number of nitrogens with one attached hydrogen (secondary N) is 1. The Balaban J connectivity index is 1.70. The molecule has 2 heterocycles. The normalized spacial score (nSPS) is 31.6. The molecular formula is C14H18ClFN2. The molecule has 0 radical (unpaired) electrons. The predicted octanol–water partition coefficient (Wildman–Crippen LogP) is 3.52. The molecule has 2 aliphatic rings. The highest BCUT2D eigenvalue weighted by molar-refractivity contribution is 6.30. The molecule has 2 bridgehead atoms. The van der Waals surface area contributed by atoms with E-state index in [0.717, 1.165) is 18.5 Å². The highest BCUT2D eigenvalue weighted by atomic mass is 35.5. The molecule has 1 aromatic carbocycles. The number of hydrogen-bond donors (Lipinski definition) is 1. The summed E-state index contributed by atoms with van der Waals surface area (Å²) in [5, 5.41) is 3.88. The monoisotopic (exact) mass is 268 g/mol. The summed E-state index contributed by atoms with van der Waals surface area (Å²) in [7, 11) is 2.22. The molecule has 3 rings (SSSR count). The van der Waals surface area contributed by atoms with Gasteiger partial charge in [-0.1, -0.05) is 11.6 Å². The standard InChI is InChI=1S/C14H18ClFN2/c1-18-13-2-3-14(18)8-12(7-13)17-11-5-9(15)4-10(16)6-11/h4-6,12-14,17H,2-3,7-8H2,1H3. The largest absolute Gasteiger partial charge is 0.382 e. The maximum atomic E-state index is 13.3. The fraction of sp³-hybridized carbons (Fsp3) is 0.571. The van der Waals surface area contributed by atoms with Crippen LogP contribution in [0.15, 0.2) is 18.2 Å². The van der Waals surface area contributed by atoms with Crippen LogP contribution >= 0.6 is 11.6 Å². The zero-order valence-corrected chi connectivity index (χ0v) is 11.3. The molecule has 0 aliphatic carbocycles. The third-order valence-corrected chi connectivity index (χ3v) is 4.55. The van der Waals surface area contributed by atoms with Gasteiger partial charge in [-0.05, 0) is 50.9 Å². The van der Waals surface area contributed by atoms with Crippen molar-refractivity contribution in [2.75, 3.05) is 12.4 Å². The topological polar surface area (TPSA) is 15.3 Å². The zero-order chi connectivity index (χ0) is 12.7. The van der Waals surface area contributed by atoms with Gasteiger partial charge in [0.25, 0.3) is 0 Å². The number of hydrogen-bond acceptors (Lipinski definition) is 2. The van der Waals surface area contributed by atoms with Gasteiger partial charge in [0.2, 0.25) is 0 Å². The molecule has 18 heavy (non-hydrogen) atoms. The van der Waals surface area contributed by atoms with Gasteiger partial charge in [0, 0.05) is 28.8 Å². The van der Waals surface area contributed by atoms with E-state index in [1.54, 1.807) is 6.07 Å². The Morgan fingerprint density at radius 1 is 1.22 bits per heavy atom. The van der Waals surface area contributed by atoms with Crippen molar-refractivity contribution in [3.63, 3.8) is 0 Å². The summed E-state index contributed by atoms with van der Waals surface area (Å²) in [6, 6.07) is 6.47. The van der Waals surface area contributed by atoms with E-state index in [1.807, 2.05) is 0 Å². The molecule has 2 atom stereocenters. The molecule has 0 saturated carbocycles. The number of fused-ring (bicyclic) bond motifs is 2. The third kappa shape index (κ3) is 2.34. The average Bonchev–Trinajstić information content (AvgIpc) is 2.52. The Bertz CT molecular complexity index is 417. The molecular weight excluding hydrogens is 251 g/mol. The van der Waals surface area contributed by atoms with Crippen LogP contribution in [0, 0.1) is 5.82 Å². The number of halogens is 2. The van der Waals surface area contributed by atoms with E-state index in [9.17, 15) is 4.39 Å². The summed E-state index contributed by atoms with van der Waals surface area (Å²) < 4.78 is 13.3. The molecule has 4 heteroatoms. The second kappa shape index (κ2) is 4.71. The smallest absolute Gasteiger partial charge is 0.126 e. The van der Waals surface area contributed by atoms with Crippen molar-refractivity contribution in [3.05, 3.63) is 29.0 Å². The molecule has 0 spiro atoms. The van der Waals surface area contributed by atoms with Crippen LogP contribution in [0.3, 0.4) is 0 Å². The van der Waals surface area contributed by atoms with Gasteiger partial charge in [-0.25, -0.2) is 4.39 Å². The Kier molecular flexibility index (Phi) is 3.20. The number of nitrogens with zero attached hydrogens (tertiary/aromatic N) is 1. The molecule has 2 aliphatic heterocycles. The molecule has 2 saturated heterocycles. The lowest BCUT2D eigenvalue weighted by Gasteiger charge is -2.37. The quantitative estimate of drug-likeness (QED) is 0.883. The van der Waals surface area contributed by atoms with E-state index < -0.39 is 0 Å². The Labute approximate surface area is 112 Å². The summed E-state index contributed by atoms with van der Waals surface area (Å²) in [5.41, 5.74) is 0.800. The number of rotatable bonds is 2. The van der Waals surface area contributed by atoms with Crippen LogP contribution in [0.5, 0.6) is 0 Å². The van der Waals surface area contributed by atoms with Gasteiger partial charge in [0.05, 0.1) is 0 Å². The Morgan fingerprint density at radius 3 is 2.50 bits per heavy atom. The molecule has 2 unspecified atom stereocenters. The molecule has 2 fully saturated rings. The first-order chi connectivity index (χ1) is 8.61. The maximum absolute atomic E-state index is 13.3. The lowest BCUT2D eigenvalue weighted by molar-refractivity contribution is 0.169. The number of anilines is 1. The number of benzene rings is 1. The second-order valence-corrected chi connectivity index (χ2v) is 5.96. The zero-order valence-electron chi connectivity index (χ0n) is 10.5. The summed E-state index contributed by atoms with van der Waals surface area (Å²) >= 11 is 5.87. The van der Waals surface area contributed by atoms with Crippen molar-refractivity contribution >= 4 is 17.3 Å². The molecule has 98 valence electrons. The summed E-state index contributed by atoms with van der Waals surface area (Å²) in [4.78, 5) is 2.50. The number of piperidine rings is 1. The summed E-state index contributed by atoms with van der Waals surface area (Å²) in [5.74, 6) is -0.277. The van der Waals surface area contributed by atoms with Gasteiger partial charge in [-0.3, -0.25) is 0 Å². The van der Waals surface area contributed by atoms with Crippen molar-refractivity contribution in [2.24, 2.45) is 0 Å². The lowest BCUT2D eigenvalue weighted by Crippen LogP contribution is -2.44. The van der Waals surface area contributed by atoms with Crippen molar-refractivity contribution < 1.29 is 4.39 Å². The first kappa shape index (κ1) is 12.2. The van der Waals surface area contributed by atoms with Gasteiger partial charge in [0.1, 0.15) is 5.82 Å². The van der Waals surface area contributed by atoms with Gasteiger partial charge in [0.15, 0.2) is 0 Å². The van der Waals surface area contributed by atoms with E-state index in [4.69, 9.17) is 11.6 Å². The molecule has 2 nitrogen and oxygen atoms in total. The fourth-order valence-corrected chi connectivity index (χ4v) is 3.62. The van der Waals surface area contributed by atoms with E-state index >= 15 is 0 Å². The van der Waals surface area contributed by atoms with Crippen LogP contribution in [0.1, 0.15) is 25.7 Å². The SMILES string of the molecule is CN1C2CCC1CC(Nc1cc(F)cc(Cl)c1)C2. The summed E-state index contributed by atoms with van der Waals surface area (Å²) in [6.07, 6.45) is 4.87. The minimum atomic E-state index is -0.277. The predicted molar refractivity (Wildman–Crippen MR) is 72.6 cm³/mol. The molecule has 0 amide bonds. The van der Waals surface area contributed by atoms with Crippen molar-refractivity contribution in [2.45, 2.75) is 43.8 Å². The first-order valence-electron chi connectivity index (χ1n) is 6.56. The first-order valence-corrected chi connectivity index (χ1v) is 6.94. The van der Waals surface area contributed by atoms with E-state index in [0.29, 0.717) is 23.1 Å². The average molecular weight is 269 g/mol. The minimum absolute atomic E-state index is 0.277. The van der Waals surface area contributed by atoms with Gasteiger partial charge >= 0.3 is 0 Å². The van der Waals surface area contributed by atoms with Crippen LogP contribution in [-0.4, -0.2) is 30.1 Å². The van der Waals surface area contributed by atoms with Crippen LogP contribution in [0.2, 0.25) is 5.02 Å². The Hall–Kier alpha value is -0.800. The van der Waals surface area contributed by atoms with Crippen molar-refractivity contribution in [1.82, 2.24) is 4.90 Å². The third-order valence-electron chi connectivity index (χ3n) is 4.33. The Morgan fingerprint density at radius 2 is 1.89 bits per heavy atom. The van der Waals surface area contributed by atoms with Crippen molar-refractivity contribution in [3.8, 4) is 0 Å². The molecule has 0 aromatic heterocycles. The lowest BCUT2D eigenvalue weighted by atomic mass is 9.98. The van der Waals surface area contributed by atoms with Gasteiger partial charge < -0.3 is 10.2 Å². The van der Waals surface area contributed by atoms with Crippen molar-refractivity contribution in [1.29, 1.82) is 0 Å². The van der Waals surface area contributed by atoms with E-state index in [2.05, 4.69) is 17.3 Å². The highest BCUT2D eigenvalue weighted by Gasteiger charge is 2.38. The van der Waals surface area contributed by atoms with Crippen LogP contribution in [-0.2, 0) is 0 Å². The molecule has 1 N–H and O–H groups in total. The molecule has 1 aromatic rings. The van der Waals surface area contributed by atoms with Crippen LogP contribution in [0.25, 0.3) is 0 Å². The minimum Gasteiger partial charge on any atom is -0.382 e.